The predicted molar refractivity (Wildman–Crippen MR) is 159 cm³/mol. The number of phenols is 1. The van der Waals surface area contributed by atoms with Gasteiger partial charge in [0.05, 0.1) is 5.56 Å². The summed E-state index contributed by atoms with van der Waals surface area (Å²) < 4.78 is 54.7. The van der Waals surface area contributed by atoms with Crippen molar-refractivity contribution in [3.8, 4) is 17.2 Å². The molecule has 0 fully saturated rings. The smallest absolute Gasteiger partial charge is 0.416 e. The Kier molecular flexibility index (Phi) is 11.1. The van der Waals surface area contributed by atoms with E-state index in [2.05, 4.69) is 5.32 Å². The van der Waals surface area contributed by atoms with Crippen molar-refractivity contribution >= 4 is 23.4 Å². The van der Waals surface area contributed by atoms with Crippen molar-refractivity contribution in [1.29, 1.82) is 0 Å². The number of ether oxygens (including phenoxy) is 2. The second kappa shape index (κ2) is 14.3. The van der Waals surface area contributed by atoms with E-state index >= 15 is 0 Å². The number of fused-ring (bicyclic) bond motifs is 2. The van der Waals surface area contributed by atoms with Gasteiger partial charge >= 0.3 is 6.18 Å². The molecule has 0 saturated heterocycles. The van der Waals surface area contributed by atoms with Crippen LogP contribution in [0.15, 0.2) is 87.6 Å². The zero-order valence-electron chi connectivity index (χ0n) is 23.5. The molecular formula is C32H33ClF3NO5. The lowest BCUT2D eigenvalue weighted by Crippen LogP contribution is -2.16. The maximum Gasteiger partial charge on any atom is 0.416 e. The minimum Gasteiger partial charge on any atom is -0.507 e. The van der Waals surface area contributed by atoms with Crippen LogP contribution in [0.5, 0.6) is 17.2 Å². The minimum absolute atomic E-state index is 0. The Bertz CT molecular complexity index is 1570. The van der Waals surface area contributed by atoms with Crippen molar-refractivity contribution < 1.29 is 32.2 Å². The molecule has 1 unspecified atom stereocenters. The third-order valence-corrected chi connectivity index (χ3v) is 6.58. The first-order chi connectivity index (χ1) is 19.6. The molecule has 42 heavy (non-hydrogen) atoms. The fraction of sp³-hybridized carbons (Fsp3) is 0.281. The quantitative estimate of drug-likeness (QED) is 0.222. The lowest BCUT2D eigenvalue weighted by molar-refractivity contribution is -0.137. The largest absolute Gasteiger partial charge is 0.507 e. The number of rotatable bonds is 6. The second-order valence-corrected chi connectivity index (χ2v) is 9.77. The molecule has 1 aliphatic heterocycles. The fourth-order valence-electron chi connectivity index (χ4n) is 4.42. The zero-order valence-corrected chi connectivity index (χ0v) is 24.3. The Hall–Kier alpha value is -3.95. The van der Waals surface area contributed by atoms with E-state index in [0.29, 0.717) is 41.4 Å². The topological polar surface area (TPSA) is 80.9 Å². The monoisotopic (exact) mass is 603 g/mol. The molecule has 5 rings (SSSR count). The molecule has 0 amide bonds. The number of hydrogen-bond donors (Lipinski definition) is 2. The highest BCUT2D eigenvalue weighted by molar-refractivity contribution is 5.87. The molecule has 1 aliphatic rings. The summed E-state index contributed by atoms with van der Waals surface area (Å²) in [5, 5.41) is 13.6. The predicted octanol–water partition coefficient (Wildman–Crippen LogP) is 7.55. The van der Waals surface area contributed by atoms with E-state index in [-0.39, 0.29) is 35.1 Å². The third kappa shape index (κ3) is 8.08. The average molecular weight is 604 g/mol. The van der Waals surface area contributed by atoms with Crippen molar-refractivity contribution in [3.05, 3.63) is 111 Å². The van der Waals surface area contributed by atoms with E-state index in [1.54, 1.807) is 13.0 Å². The summed E-state index contributed by atoms with van der Waals surface area (Å²) in [5.41, 5.74) is 2.18. The van der Waals surface area contributed by atoms with Crippen LogP contribution >= 0.6 is 12.4 Å². The van der Waals surface area contributed by atoms with Crippen molar-refractivity contribution in [2.45, 2.75) is 39.0 Å². The summed E-state index contributed by atoms with van der Waals surface area (Å²) in [7, 11) is 1.85. The van der Waals surface area contributed by atoms with Crippen molar-refractivity contribution in [1.82, 2.24) is 5.32 Å². The molecule has 2 N–H and O–H groups in total. The average Bonchev–Trinajstić information content (AvgIpc) is 3.12. The maximum atomic E-state index is 12.6. The van der Waals surface area contributed by atoms with Gasteiger partial charge in [0.25, 0.3) is 0 Å². The second-order valence-electron chi connectivity index (χ2n) is 9.77. The molecular weight excluding hydrogens is 571 g/mol. The van der Waals surface area contributed by atoms with Crippen LogP contribution in [0, 0.1) is 6.92 Å². The first-order valence-electron chi connectivity index (χ1n) is 13.2. The summed E-state index contributed by atoms with van der Waals surface area (Å²) in [6, 6.07) is 17.5. The van der Waals surface area contributed by atoms with Crippen LogP contribution in [0.2, 0.25) is 0 Å². The Morgan fingerprint density at radius 3 is 2.38 bits per heavy atom. The van der Waals surface area contributed by atoms with Gasteiger partial charge < -0.3 is 24.3 Å². The van der Waals surface area contributed by atoms with E-state index in [9.17, 15) is 23.1 Å². The van der Waals surface area contributed by atoms with Gasteiger partial charge in [-0.2, -0.15) is 13.2 Å². The highest BCUT2D eigenvalue weighted by Crippen LogP contribution is 2.37. The highest BCUT2D eigenvalue weighted by Gasteiger charge is 2.30. The van der Waals surface area contributed by atoms with E-state index in [4.69, 9.17) is 13.9 Å². The Balaban J connectivity index is 0.000000227. The first kappa shape index (κ1) is 32.6. The zero-order chi connectivity index (χ0) is 29.6. The maximum absolute atomic E-state index is 12.6. The molecule has 224 valence electrons. The summed E-state index contributed by atoms with van der Waals surface area (Å²) in [5.74, 6) is 1.48. The van der Waals surface area contributed by atoms with Crippen LogP contribution in [0.1, 0.15) is 41.9 Å². The third-order valence-electron chi connectivity index (χ3n) is 6.58. The molecule has 0 bridgehead atoms. The lowest BCUT2D eigenvalue weighted by Gasteiger charge is -2.20. The molecule has 10 heteroatoms. The molecule has 0 saturated carbocycles. The van der Waals surface area contributed by atoms with Gasteiger partial charge in [-0.3, -0.25) is 4.79 Å². The summed E-state index contributed by atoms with van der Waals surface area (Å²) >= 11 is 0. The van der Waals surface area contributed by atoms with Crippen LogP contribution in [-0.2, 0) is 12.6 Å². The van der Waals surface area contributed by atoms with Gasteiger partial charge in [0.1, 0.15) is 46.7 Å². The molecule has 1 aromatic heterocycles. The van der Waals surface area contributed by atoms with Gasteiger partial charge in [-0.15, -0.1) is 12.4 Å². The van der Waals surface area contributed by atoms with Crippen molar-refractivity contribution in [3.63, 3.8) is 0 Å². The number of nitrogens with one attached hydrogen (secondary N) is 1. The normalized spacial score (nSPS) is 13.3. The van der Waals surface area contributed by atoms with Gasteiger partial charge in [-0.25, -0.2) is 0 Å². The van der Waals surface area contributed by atoms with Gasteiger partial charge in [-0.05, 0) is 69.3 Å². The number of aromatic hydroxyl groups is 1. The molecule has 0 spiro atoms. The van der Waals surface area contributed by atoms with Crippen LogP contribution in [0.4, 0.5) is 13.2 Å². The standard InChI is InChI=1S/C17H18F3NO.C15H14O4.ClH/c1-21-12-11-16(13-5-3-2-4-6-13)22-15-9-7-14(8-10-15)17(18,19)20;1-8-3-4-10-12(18-7-8)6-13-14(15(10)17)11(16)5-9(2)19-13;/h2-10,16,21H,11-12H2,1H3;3,5-6,17H,4,7H2,1-2H3;1H. The van der Waals surface area contributed by atoms with E-state index in [1.807, 2.05) is 50.4 Å². The van der Waals surface area contributed by atoms with Crippen LogP contribution in [-0.4, -0.2) is 25.3 Å². The lowest BCUT2D eigenvalue weighted by atomic mass is 10.0. The van der Waals surface area contributed by atoms with Crippen LogP contribution in [0.3, 0.4) is 0 Å². The number of halogens is 4. The van der Waals surface area contributed by atoms with Crippen LogP contribution < -0.4 is 20.2 Å². The minimum atomic E-state index is -4.33. The van der Waals surface area contributed by atoms with Gasteiger partial charge in [0.2, 0.25) is 0 Å². The summed E-state index contributed by atoms with van der Waals surface area (Å²) in [6.45, 7) is 4.90. The Labute approximate surface area is 248 Å². The van der Waals surface area contributed by atoms with Crippen LogP contribution in [0.25, 0.3) is 11.0 Å². The number of phenolic OH excluding ortho intramolecular Hbond substituents is 1. The number of alkyl halides is 3. The van der Waals surface area contributed by atoms with Gasteiger partial charge in [0, 0.05) is 24.1 Å². The first-order valence-corrected chi connectivity index (χ1v) is 13.2. The molecule has 6 nitrogen and oxygen atoms in total. The molecule has 0 radical (unpaired) electrons. The van der Waals surface area contributed by atoms with Gasteiger partial charge in [0.15, 0.2) is 5.43 Å². The number of allylic oxidation sites excluding steroid dienone is 1. The molecule has 2 heterocycles. The SMILES string of the molecule is CC1=CCc2c(cc3oc(C)cc(=O)c3c2O)OC1.CNCCC(Oc1ccc(C(F)(F)F)cc1)c1ccccc1.Cl. The van der Waals surface area contributed by atoms with Crippen molar-refractivity contribution in [2.24, 2.45) is 0 Å². The molecule has 3 aromatic carbocycles. The van der Waals surface area contributed by atoms with E-state index in [0.717, 1.165) is 36.2 Å². The highest BCUT2D eigenvalue weighted by atomic mass is 35.5. The van der Waals surface area contributed by atoms with E-state index < -0.39 is 11.7 Å². The van der Waals surface area contributed by atoms with Crippen molar-refractivity contribution in [2.75, 3.05) is 20.2 Å². The fourth-order valence-corrected chi connectivity index (χ4v) is 4.42. The summed E-state index contributed by atoms with van der Waals surface area (Å²) in [6.07, 6.45) is -1.26. The number of benzene rings is 3. The number of aryl methyl sites for hydroxylation is 1. The number of hydrogen-bond acceptors (Lipinski definition) is 6. The molecule has 0 aliphatic carbocycles. The molecule has 4 aromatic rings. The Morgan fingerprint density at radius 1 is 1.05 bits per heavy atom. The summed E-state index contributed by atoms with van der Waals surface area (Å²) in [4.78, 5) is 12.0. The van der Waals surface area contributed by atoms with E-state index in [1.165, 1.54) is 18.2 Å². The van der Waals surface area contributed by atoms with Gasteiger partial charge in [-0.1, -0.05) is 36.4 Å². The Morgan fingerprint density at radius 2 is 1.74 bits per heavy atom. The molecule has 1 atom stereocenters.